The Bertz CT molecular complexity index is 718. The zero-order valence-corrected chi connectivity index (χ0v) is 16.5. The highest BCUT2D eigenvalue weighted by Gasteiger charge is 2.41. The van der Waals surface area contributed by atoms with E-state index in [1.165, 1.54) is 0 Å². The van der Waals surface area contributed by atoms with Crippen molar-refractivity contribution in [2.24, 2.45) is 0 Å². The van der Waals surface area contributed by atoms with Crippen molar-refractivity contribution in [3.63, 3.8) is 0 Å². The van der Waals surface area contributed by atoms with E-state index in [1.54, 1.807) is 0 Å². The molecule has 2 rings (SSSR count). The van der Waals surface area contributed by atoms with Gasteiger partial charge in [-0.1, -0.05) is 26.7 Å². The third kappa shape index (κ3) is 5.56. The van der Waals surface area contributed by atoms with E-state index < -0.39 is 17.3 Å². The van der Waals surface area contributed by atoms with Crippen molar-refractivity contribution in [3.05, 3.63) is 27.2 Å². The van der Waals surface area contributed by atoms with E-state index >= 15 is 0 Å². The van der Waals surface area contributed by atoms with E-state index in [0.29, 0.717) is 19.5 Å². The minimum absolute atomic E-state index is 0.0350. The SMILES string of the molecule is CCCCCN(CCC)C(=O)CCNC1CCc2c1n[nH]c(=O)c2C(F)(F)F. The summed E-state index contributed by atoms with van der Waals surface area (Å²) in [5.41, 5.74) is -2.16. The Morgan fingerprint density at radius 3 is 2.64 bits per heavy atom. The number of halogens is 3. The van der Waals surface area contributed by atoms with Crippen LogP contribution in [0.1, 0.15) is 75.2 Å². The molecule has 1 unspecified atom stereocenters. The summed E-state index contributed by atoms with van der Waals surface area (Å²) in [4.78, 5) is 25.9. The van der Waals surface area contributed by atoms with Crippen LogP contribution < -0.4 is 10.9 Å². The minimum Gasteiger partial charge on any atom is -0.343 e. The molecule has 0 fully saturated rings. The van der Waals surface area contributed by atoms with E-state index in [1.807, 2.05) is 16.9 Å². The van der Waals surface area contributed by atoms with Gasteiger partial charge >= 0.3 is 6.18 Å². The van der Waals surface area contributed by atoms with Gasteiger partial charge in [0.25, 0.3) is 5.56 Å². The lowest BCUT2D eigenvalue weighted by Crippen LogP contribution is -2.35. The van der Waals surface area contributed by atoms with Crippen LogP contribution in [0.25, 0.3) is 0 Å². The molecule has 2 N–H and O–H groups in total. The van der Waals surface area contributed by atoms with Gasteiger partial charge in [0.15, 0.2) is 0 Å². The molecule has 0 bridgehead atoms. The molecule has 1 aliphatic carbocycles. The molecule has 0 saturated carbocycles. The van der Waals surface area contributed by atoms with E-state index in [9.17, 15) is 22.8 Å². The van der Waals surface area contributed by atoms with Crippen LogP contribution in [0.15, 0.2) is 4.79 Å². The molecular weight excluding hydrogens is 373 g/mol. The van der Waals surface area contributed by atoms with Gasteiger partial charge in [-0.3, -0.25) is 9.59 Å². The fourth-order valence-electron chi connectivity index (χ4n) is 3.66. The molecular formula is C19H29F3N4O2. The maximum Gasteiger partial charge on any atom is 0.422 e. The molecule has 0 saturated heterocycles. The van der Waals surface area contributed by atoms with Crippen LogP contribution in [-0.2, 0) is 17.4 Å². The van der Waals surface area contributed by atoms with Crippen molar-refractivity contribution >= 4 is 5.91 Å². The van der Waals surface area contributed by atoms with Gasteiger partial charge in [-0.05, 0) is 31.2 Å². The molecule has 6 nitrogen and oxygen atoms in total. The van der Waals surface area contributed by atoms with Crippen molar-refractivity contribution in [1.82, 2.24) is 20.4 Å². The number of hydrogen-bond acceptors (Lipinski definition) is 4. The van der Waals surface area contributed by atoms with Gasteiger partial charge in [-0.2, -0.15) is 18.3 Å². The highest BCUT2D eigenvalue weighted by molar-refractivity contribution is 5.76. The summed E-state index contributed by atoms with van der Waals surface area (Å²) < 4.78 is 39.5. The number of fused-ring (bicyclic) bond motifs is 1. The number of carbonyl (C=O) groups is 1. The number of amides is 1. The predicted molar refractivity (Wildman–Crippen MR) is 99.9 cm³/mol. The molecule has 1 heterocycles. The summed E-state index contributed by atoms with van der Waals surface area (Å²) in [6.45, 7) is 5.95. The number of hydrogen-bond donors (Lipinski definition) is 2. The normalized spacial score (nSPS) is 16.2. The van der Waals surface area contributed by atoms with Crippen LogP contribution in [0.4, 0.5) is 13.2 Å². The number of nitrogens with zero attached hydrogens (tertiary/aromatic N) is 2. The first-order valence-electron chi connectivity index (χ1n) is 9.99. The zero-order valence-electron chi connectivity index (χ0n) is 16.5. The number of rotatable bonds is 10. The quantitative estimate of drug-likeness (QED) is 0.589. The number of aromatic amines is 1. The van der Waals surface area contributed by atoms with E-state index in [0.717, 1.165) is 32.2 Å². The van der Waals surface area contributed by atoms with Crippen molar-refractivity contribution in [2.45, 2.75) is 71.0 Å². The topological polar surface area (TPSA) is 78.1 Å². The summed E-state index contributed by atoms with van der Waals surface area (Å²) in [7, 11) is 0. The largest absolute Gasteiger partial charge is 0.422 e. The molecule has 1 amide bonds. The second-order valence-corrected chi connectivity index (χ2v) is 7.17. The fraction of sp³-hybridized carbons (Fsp3) is 0.737. The summed E-state index contributed by atoms with van der Waals surface area (Å²) in [6, 6.07) is -0.388. The molecule has 28 heavy (non-hydrogen) atoms. The number of aromatic nitrogens is 2. The van der Waals surface area contributed by atoms with Crippen LogP contribution in [-0.4, -0.2) is 40.6 Å². The lowest BCUT2D eigenvalue weighted by Gasteiger charge is -2.23. The van der Waals surface area contributed by atoms with Gasteiger partial charge in [-0.15, -0.1) is 0 Å². The summed E-state index contributed by atoms with van der Waals surface area (Å²) >= 11 is 0. The Morgan fingerprint density at radius 2 is 2.00 bits per heavy atom. The molecule has 9 heteroatoms. The van der Waals surface area contributed by atoms with Gasteiger partial charge in [0.05, 0.1) is 11.7 Å². The maximum atomic E-state index is 13.2. The maximum absolute atomic E-state index is 13.2. The van der Waals surface area contributed by atoms with Crippen molar-refractivity contribution in [3.8, 4) is 0 Å². The third-order valence-corrected chi connectivity index (χ3v) is 5.02. The highest BCUT2D eigenvalue weighted by Crippen LogP contribution is 2.37. The number of nitrogens with one attached hydrogen (secondary N) is 2. The van der Waals surface area contributed by atoms with Gasteiger partial charge in [0.2, 0.25) is 5.91 Å². The lowest BCUT2D eigenvalue weighted by molar-refractivity contribution is -0.139. The number of unbranched alkanes of at least 4 members (excludes halogenated alkanes) is 2. The van der Waals surface area contributed by atoms with Gasteiger partial charge < -0.3 is 10.2 Å². The monoisotopic (exact) mass is 402 g/mol. The van der Waals surface area contributed by atoms with Gasteiger partial charge in [0.1, 0.15) is 5.56 Å². The summed E-state index contributed by atoms with van der Waals surface area (Å²) in [6.07, 6.45) is 0.180. The van der Waals surface area contributed by atoms with Crippen LogP contribution in [0.2, 0.25) is 0 Å². The van der Waals surface area contributed by atoms with E-state index in [4.69, 9.17) is 0 Å². The van der Waals surface area contributed by atoms with Crippen LogP contribution in [0, 0.1) is 0 Å². The van der Waals surface area contributed by atoms with Crippen molar-refractivity contribution in [1.29, 1.82) is 0 Å². The third-order valence-electron chi connectivity index (χ3n) is 5.02. The first-order chi connectivity index (χ1) is 13.3. The smallest absolute Gasteiger partial charge is 0.343 e. The standard InChI is InChI=1S/C19H29F3N4O2/c1-3-5-6-12-26(11-4-2)15(27)9-10-23-14-8-7-13-16(19(20,21)22)18(28)25-24-17(13)14/h14,23H,3-12H2,1-2H3,(H,25,28). The zero-order chi connectivity index (χ0) is 20.7. The van der Waals surface area contributed by atoms with E-state index in [2.05, 4.69) is 17.3 Å². The van der Waals surface area contributed by atoms with Crippen LogP contribution in [0.5, 0.6) is 0 Å². The Balaban J connectivity index is 1.95. The first-order valence-corrected chi connectivity index (χ1v) is 9.99. The van der Waals surface area contributed by atoms with Gasteiger partial charge in [0, 0.05) is 26.1 Å². The lowest BCUT2D eigenvalue weighted by atomic mass is 10.1. The number of carbonyl (C=O) groups excluding carboxylic acids is 1. The van der Waals surface area contributed by atoms with E-state index in [-0.39, 0.29) is 36.0 Å². The fourth-order valence-corrected chi connectivity index (χ4v) is 3.66. The Labute approximate surface area is 162 Å². The second kappa shape index (κ2) is 10.0. The van der Waals surface area contributed by atoms with Gasteiger partial charge in [-0.25, -0.2) is 5.10 Å². The van der Waals surface area contributed by atoms with Crippen molar-refractivity contribution in [2.75, 3.05) is 19.6 Å². The second-order valence-electron chi connectivity index (χ2n) is 7.17. The molecule has 0 radical (unpaired) electrons. The van der Waals surface area contributed by atoms with Crippen LogP contribution >= 0.6 is 0 Å². The number of alkyl halides is 3. The molecule has 1 aliphatic rings. The summed E-state index contributed by atoms with van der Waals surface area (Å²) in [5, 5.41) is 8.92. The highest BCUT2D eigenvalue weighted by atomic mass is 19.4. The average Bonchev–Trinajstić information content (AvgIpc) is 3.02. The molecule has 1 aromatic rings. The van der Waals surface area contributed by atoms with Crippen LogP contribution in [0.3, 0.4) is 0 Å². The Kier molecular flexibility index (Phi) is 8.03. The molecule has 0 aliphatic heterocycles. The Hall–Kier alpha value is -1.90. The van der Waals surface area contributed by atoms with Crippen molar-refractivity contribution < 1.29 is 18.0 Å². The summed E-state index contributed by atoms with van der Waals surface area (Å²) in [5.74, 6) is 0.0501. The molecule has 1 atom stereocenters. The molecule has 0 spiro atoms. The minimum atomic E-state index is -4.70. The predicted octanol–water partition coefficient (Wildman–Crippen LogP) is 3.18. The number of H-pyrrole nitrogens is 1. The average molecular weight is 402 g/mol. The first kappa shape index (κ1) is 22.4. The molecule has 1 aromatic heterocycles. The Morgan fingerprint density at radius 1 is 1.25 bits per heavy atom. The molecule has 0 aromatic carbocycles. The molecule has 158 valence electrons.